The average Bonchev–Trinajstić information content (AvgIpc) is 3.20. The lowest BCUT2D eigenvalue weighted by Gasteiger charge is -2.26. The van der Waals surface area contributed by atoms with Gasteiger partial charge in [0.1, 0.15) is 18.1 Å². The first-order valence-electron chi connectivity index (χ1n) is 19.0. The second kappa shape index (κ2) is 27.7. The zero-order chi connectivity index (χ0) is 42.7. The van der Waals surface area contributed by atoms with Crippen LogP contribution in [0.3, 0.4) is 0 Å². The number of fused-ring (bicyclic) bond motifs is 1. The molecule has 0 aromatic heterocycles. The molecule has 22 heteroatoms. The minimum atomic E-state index is -1.18. The van der Waals surface area contributed by atoms with Crippen molar-refractivity contribution >= 4 is 58.6 Å². The Labute approximate surface area is 337 Å². The van der Waals surface area contributed by atoms with Crippen molar-refractivity contribution in [2.45, 2.75) is 50.7 Å². The van der Waals surface area contributed by atoms with E-state index in [1.807, 2.05) is 12.1 Å². The molecule has 0 spiro atoms. The van der Waals surface area contributed by atoms with Crippen LogP contribution in [0, 0.1) is 0 Å². The Morgan fingerprint density at radius 3 is 1.91 bits per heavy atom. The predicted octanol–water partition coefficient (Wildman–Crippen LogP) is -4.78. The van der Waals surface area contributed by atoms with Crippen LogP contribution in [0.1, 0.15) is 38.2 Å². The summed E-state index contributed by atoms with van der Waals surface area (Å²) in [7, 11) is 0. The van der Waals surface area contributed by atoms with Crippen LogP contribution in [0.4, 0.5) is 5.69 Å². The lowest BCUT2D eigenvalue weighted by atomic mass is 9.93. The van der Waals surface area contributed by atoms with Crippen LogP contribution in [0.15, 0.2) is 35.3 Å². The van der Waals surface area contributed by atoms with E-state index in [1.165, 1.54) is 6.92 Å². The van der Waals surface area contributed by atoms with Crippen molar-refractivity contribution < 1.29 is 43.0 Å². The van der Waals surface area contributed by atoms with Gasteiger partial charge >= 0.3 is 0 Å². The summed E-state index contributed by atoms with van der Waals surface area (Å²) in [5.74, 6) is -4.58. The highest BCUT2D eigenvalue weighted by molar-refractivity contribution is 6.02. The summed E-state index contributed by atoms with van der Waals surface area (Å²) in [5.41, 5.74) is 23.8. The second-order valence-corrected chi connectivity index (χ2v) is 12.9. The third kappa shape index (κ3) is 19.3. The molecule has 0 saturated heterocycles. The molecule has 0 bridgehead atoms. The van der Waals surface area contributed by atoms with Crippen molar-refractivity contribution in [2.75, 3.05) is 84.1 Å². The number of guanidine groups is 1. The zero-order valence-corrected chi connectivity index (χ0v) is 32.9. The highest BCUT2D eigenvalue weighted by Gasteiger charge is 2.29. The Morgan fingerprint density at radius 2 is 1.31 bits per heavy atom. The summed E-state index contributed by atoms with van der Waals surface area (Å²) in [4.78, 5) is 93.6. The lowest BCUT2D eigenvalue weighted by Crippen LogP contribution is -2.54. The second-order valence-electron chi connectivity index (χ2n) is 12.9. The van der Waals surface area contributed by atoms with Gasteiger partial charge in [0, 0.05) is 44.4 Å². The monoisotopic (exact) mass is 817 g/mol. The van der Waals surface area contributed by atoms with Crippen molar-refractivity contribution in [3.8, 4) is 0 Å². The van der Waals surface area contributed by atoms with Crippen LogP contribution in [0.25, 0.3) is 5.57 Å². The van der Waals surface area contributed by atoms with Gasteiger partial charge < -0.3 is 74.9 Å². The molecule has 0 fully saturated rings. The van der Waals surface area contributed by atoms with Gasteiger partial charge in [-0.2, -0.15) is 0 Å². The first kappa shape index (κ1) is 48.3. The van der Waals surface area contributed by atoms with E-state index in [-0.39, 0.29) is 58.0 Å². The van der Waals surface area contributed by atoms with Gasteiger partial charge in [-0.15, -0.1) is 0 Å². The van der Waals surface area contributed by atoms with Gasteiger partial charge in [-0.3, -0.25) is 38.6 Å². The Morgan fingerprint density at radius 1 is 0.724 bits per heavy atom. The van der Waals surface area contributed by atoms with E-state index >= 15 is 0 Å². The molecule has 0 saturated carbocycles. The molecule has 1 aromatic carbocycles. The van der Waals surface area contributed by atoms with E-state index in [9.17, 15) is 33.6 Å². The number of hydrogen-bond acceptors (Lipinski definition) is 13. The quantitative estimate of drug-likeness (QED) is 0.0215. The fourth-order valence-corrected chi connectivity index (χ4v) is 5.47. The molecule has 1 heterocycles. The minimum absolute atomic E-state index is 0.0496. The predicted molar refractivity (Wildman–Crippen MR) is 215 cm³/mol. The Kier molecular flexibility index (Phi) is 23.1. The number of aliphatic imine (C=N–C) groups is 1. The molecule has 0 radical (unpaired) electrons. The highest BCUT2D eigenvalue weighted by Crippen LogP contribution is 2.29. The van der Waals surface area contributed by atoms with E-state index in [0.29, 0.717) is 50.5 Å². The summed E-state index contributed by atoms with van der Waals surface area (Å²) in [6.07, 6.45) is 2.60. The van der Waals surface area contributed by atoms with Crippen molar-refractivity contribution in [1.29, 1.82) is 0 Å². The number of ether oxygens (including phenoxy) is 2. The van der Waals surface area contributed by atoms with E-state index < -0.39 is 72.6 Å². The van der Waals surface area contributed by atoms with Crippen LogP contribution in [0.2, 0.25) is 0 Å². The fraction of sp³-hybridized carbons (Fsp3) is 0.556. The third-order valence-corrected chi connectivity index (χ3v) is 8.19. The molecule has 22 nitrogen and oxygen atoms in total. The van der Waals surface area contributed by atoms with Crippen LogP contribution in [-0.2, 0) is 43.0 Å². The molecule has 322 valence electrons. The summed E-state index contributed by atoms with van der Waals surface area (Å²) in [5, 5.41) is 21.0. The van der Waals surface area contributed by atoms with Crippen molar-refractivity contribution in [1.82, 2.24) is 37.2 Å². The normalized spacial score (nSPS) is 13.1. The molecule has 7 amide bonds. The van der Waals surface area contributed by atoms with Gasteiger partial charge in [0.25, 0.3) is 0 Å². The summed E-state index contributed by atoms with van der Waals surface area (Å²) < 4.78 is 10.5. The first-order valence-corrected chi connectivity index (χ1v) is 19.0. The molecule has 1 aliphatic heterocycles. The first-order chi connectivity index (χ1) is 27.9. The van der Waals surface area contributed by atoms with E-state index in [0.717, 1.165) is 5.69 Å². The number of hydrogen-bond donors (Lipinski definition) is 12. The zero-order valence-electron chi connectivity index (χ0n) is 32.9. The van der Waals surface area contributed by atoms with Crippen molar-refractivity contribution in [3.63, 3.8) is 0 Å². The Balaban J connectivity index is 1.95. The number of carbonyl (C=O) groups excluding carboxylic acids is 7. The standard InChI is InChI=1S/C36H59N13O9/c1-23(50)47-32(25-10-14-41-26-7-3-2-6-24(25)26)35(56)46-22-31(53)49-28(9-5-13-43-36(39)40)34(55)45-21-30(52)48-27(8-4-11-37)33(54)44-20-29(51)42-15-17-58-19-18-57-16-12-38/h2-3,6-7,10,27-28,32,41H,4-5,8-9,11-22,37-38H2,1H3,(H,42,51)(H,44,54)(H,45,55)(H,46,56)(H,47,50)(H,48,52)(H,49,53)(H4,39,40,43). The SMILES string of the molecule is CC(=O)NC(C(=O)NCC(=O)NC(CCCN=C(N)N)C(=O)NCC(=O)NC(CCCN)C(=O)NCC(=O)NCCOCCOCCN)C1=CCNc2ccccc21. The Bertz CT molecular complexity index is 1590. The summed E-state index contributed by atoms with van der Waals surface area (Å²) in [6, 6.07) is 3.91. The number of amides is 7. The molecule has 1 aromatic rings. The minimum Gasteiger partial charge on any atom is -0.381 e. The lowest BCUT2D eigenvalue weighted by molar-refractivity contribution is -0.132. The van der Waals surface area contributed by atoms with E-state index in [4.69, 9.17) is 32.4 Å². The maximum Gasteiger partial charge on any atom is 0.247 e. The third-order valence-electron chi connectivity index (χ3n) is 8.19. The molecule has 3 atom stereocenters. The summed E-state index contributed by atoms with van der Waals surface area (Å²) in [6.45, 7) is 2.55. The number of rotatable bonds is 28. The van der Waals surface area contributed by atoms with Crippen LogP contribution in [-0.4, -0.2) is 144 Å². The number of para-hydroxylation sites is 1. The topological polar surface area (TPSA) is 351 Å². The maximum atomic E-state index is 13.3. The number of benzene rings is 1. The molecule has 16 N–H and O–H groups in total. The van der Waals surface area contributed by atoms with Crippen molar-refractivity contribution in [2.24, 2.45) is 27.9 Å². The Hall–Kier alpha value is -5.84. The molecular formula is C36H59N13O9. The van der Waals surface area contributed by atoms with Crippen LogP contribution < -0.4 is 65.5 Å². The fourth-order valence-electron chi connectivity index (χ4n) is 5.47. The van der Waals surface area contributed by atoms with Gasteiger partial charge in [0.15, 0.2) is 5.96 Å². The number of nitrogens with two attached hydrogens (primary N) is 4. The number of nitrogens with zero attached hydrogens (tertiary/aromatic N) is 1. The number of anilines is 1. The molecule has 3 unspecified atom stereocenters. The maximum absolute atomic E-state index is 13.3. The van der Waals surface area contributed by atoms with E-state index in [2.05, 4.69) is 47.5 Å². The molecule has 1 aliphatic rings. The van der Waals surface area contributed by atoms with E-state index in [1.54, 1.807) is 18.2 Å². The molecule has 58 heavy (non-hydrogen) atoms. The smallest absolute Gasteiger partial charge is 0.247 e. The van der Waals surface area contributed by atoms with Crippen LogP contribution >= 0.6 is 0 Å². The molecule has 2 rings (SSSR count). The van der Waals surface area contributed by atoms with Gasteiger partial charge in [0.05, 0.1) is 46.1 Å². The van der Waals surface area contributed by atoms with Crippen molar-refractivity contribution in [3.05, 3.63) is 35.9 Å². The van der Waals surface area contributed by atoms with Gasteiger partial charge in [-0.1, -0.05) is 24.3 Å². The molecular weight excluding hydrogens is 758 g/mol. The number of carbonyl (C=O) groups is 7. The average molecular weight is 818 g/mol. The molecule has 0 aliphatic carbocycles. The van der Waals surface area contributed by atoms with Gasteiger partial charge in [-0.05, 0) is 43.9 Å². The van der Waals surface area contributed by atoms with Crippen LogP contribution in [0.5, 0.6) is 0 Å². The number of nitrogens with one attached hydrogen (secondary N) is 8. The van der Waals surface area contributed by atoms with Gasteiger partial charge in [-0.25, -0.2) is 0 Å². The summed E-state index contributed by atoms with van der Waals surface area (Å²) >= 11 is 0. The largest absolute Gasteiger partial charge is 0.381 e. The highest BCUT2D eigenvalue weighted by atomic mass is 16.5. The van der Waals surface area contributed by atoms with Gasteiger partial charge in [0.2, 0.25) is 41.4 Å².